The summed E-state index contributed by atoms with van der Waals surface area (Å²) in [5.74, 6) is 2.04. The van der Waals surface area contributed by atoms with Crippen LogP contribution in [-0.4, -0.2) is 36.9 Å². The van der Waals surface area contributed by atoms with Crippen molar-refractivity contribution in [3.63, 3.8) is 0 Å². The molecule has 0 radical (unpaired) electrons. The number of nitrogens with zero attached hydrogens (tertiary/aromatic N) is 5. The Morgan fingerprint density at radius 3 is 2.56 bits per heavy atom. The summed E-state index contributed by atoms with van der Waals surface area (Å²) in [4.78, 5) is 18.8. The topological polar surface area (TPSA) is 111 Å². The fourth-order valence-electron chi connectivity index (χ4n) is 4.82. The van der Waals surface area contributed by atoms with Gasteiger partial charge in [-0.25, -0.2) is 9.07 Å². The first-order chi connectivity index (χ1) is 18.8. The minimum atomic E-state index is -0.687. The number of furan rings is 1. The number of rotatable bonds is 7. The third-order valence-corrected chi connectivity index (χ3v) is 6.64. The van der Waals surface area contributed by atoms with Gasteiger partial charge in [0, 0.05) is 23.6 Å². The molecule has 0 saturated heterocycles. The van der Waals surface area contributed by atoms with E-state index in [-0.39, 0.29) is 18.2 Å². The molecule has 4 heterocycles. The van der Waals surface area contributed by atoms with Gasteiger partial charge in [0.2, 0.25) is 6.79 Å². The smallest absolute Gasteiger partial charge is 0.253 e. The molecule has 200 valence electrons. The van der Waals surface area contributed by atoms with Gasteiger partial charge in [-0.15, -0.1) is 5.10 Å². The van der Waals surface area contributed by atoms with Gasteiger partial charge in [0.05, 0.1) is 23.9 Å². The summed E-state index contributed by atoms with van der Waals surface area (Å²) in [6.07, 6.45) is 1.60. The van der Waals surface area contributed by atoms with Gasteiger partial charge in [0.15, 0.2) is 17.3 Å². The van der Waals surface area contributed by atoms with Crippen LogP contribution in [0.15, 0.2) is 70.1 Å². The zero-order valence-electron chi connectivity index (χ0n) is 21.7. The molecule has 0 saturated carbocycles. The Labute approximate surface area is 223 Å². The first-order valence-electron chi connectivity index (χ1n) is 12.5. The van der Waals surface area contributed by atoms with Gasteiger partial charge in [-0.2, -0.15) is 0 Å². The van der Waals surface area contributed by atoms with Crippen molar-refractivity contribution < 1.29 is 18.3 Å². The Morgan fingerprint density at radius 1 is 1.08 bits per heavy atom. The number of hydrogen-bond acceptors (Lipinski definition) is 8. The molecule has 0 spiro atoms. The Bertz CT molecular complexity index is 1670. The molecule has 3 aromatic heterocycles. The number of fused-ring (bicyclic) bond motifs is 2. The second kappa shape index (κ2) is 9.66. The quantitative estimate of drug-likeness (QED) is 0.327. The predicted octanol–water partition coefficient (Wildman–Crippen LogP) is 4.52. The summed E-state index contributed by atoms with van der Waals surface area (Å²) < 4.78 is 32.2. The molecule has 1 N–H and O–H groups in total. The SMILES string of the molecule is CC(C)(C)n1nnnc1C(c1cc2cc3c(cc2[nH]c1=O)OCO3)N(Cc1ccc(F)cc1)Cc1ccco1. The van der Waals surface area contributed by atoms with E-state index in [9.17, 15) is 9.18 Å². The largest absolute Gasteiger partial charge is 0.468 e. The molecular weight excluding hydrogens is 503 g/mol. The van der Waals surface area contributed by atoms with Crippen LogP contribution in [0.5, 0.6) is 11.5 Å². The average Bonchev–Trinajstić information content (AvgIpc) is 3.66. The third kappa shape index (κ3) is 4.88. The van der Waals surface area contributed by atoms with Crippen molar-refractivity contribution in [2.24, 2.45) is 0 Å². The van der Waals surface area contributed by atoms with E-state index in [4.69, 9.17) is 13.9 Å². The van der Waals surface area contributed by atoms with Crippen molar-refractivity contribution in [1.29, 1.82) is 0 Å². The maximum absolute atomic E-state index is 13.7. The van der Waals surface area contributed by atoms with E-state index < -0.39 is 11.6 Å². The fourth-order valence-corrected chi connectivity index (χ4v) is 4.82. The summed E-state index contributed by atoms with van der Waals surface area (Å²) in [6.45, 7) is 6.80. The molecule has 1 unspecified atom stereocenters. The highest BCUT2D eigenvalue weighted by atomic mass is 19.1. The van der Waals surface area contributed by atoms with Gasteiger partial charge < -0.3 is 18.9 Å². The van der Waals surface area contributed by atoms with Gasteiger partial charge in [-0.05, 0) is 73.2 Å². The van der Waals surface area contributed by atoms with Crippen molar-refractivity contribution >= 4 is 10.9 Å². The summed E-state index contributed by atoms with van der Waals surface area (Å²) in [6, 6.07) is 14.7. The molecule has 10 nitrogen and oxygen atoms in total. The molecule has 2 aromatic carbocycles. The number of nitrogens with one attached hydrogen (secondary N) is 1. The minimum absolute atomic E-state index is 0.125. The van der Waals surface area contributed by atoms with Crippen LogP contribution >= 0.6 is 0 Å². The maximum atomic E-state index is 13.7. The van der Waals surface area contributed by atoms with Crippen molar-refractivity contribution in [2.75, 3.05) is 6.79 Å². The number of tetrazole rings is 1. The molecule has 0 fully saturated rings. The number of ether oxygens (including phenoxy) is 2. The lowest BCUT2D eigenvalue weighted by atomic mass is 10.0. The zero-order valence-corrected chi connectivity index (χ0v) is 21.7. The van der Waals surface area contributed by atoms with Crippen LogP contribution in [0, 0.1) is 5.82 Å². The van der Waals surface area contributed by atoms with Crippen molar-refractivity contribution in [2.45, 2.75) is 45.4 Å². The monoisotopic (exact) mass is 530 g/mol. The van der Waals surface area contributed by atoms with E-state index in [0.29, 0.717) is 47.3 Å². The number of pyridine rings is 1. The number of hydrogen-bond donors (Lipinski definition) is 1. The van der Waals surface area contributed by atoms with Crippen LogP contribution in [0.3, 0.4) is 0 Å². The van der Waals surface area contributed by atoms with Crippen LogP contribution < -0.4 is 15.0 Å². The Hall–Kier alpha value is -4.51. The number of aromatic nitrogens is 5. The Kier molecular flexibility index (Phi) is 6.15. The van der Waals surface area contributed by atoms with Crippen LogP contribution in [0.25, 0.3) is 10.9 Å². The van der Waals surface area contributed by atoms with Crippen molar-refractivity contribution in [1.82, 2.24) is 30.1 Å². The predicted molar refractivity (Wildman–Crippen MR) is 140 cm³/mol. The number of benzene rings is 2. The van der Waals surface area contributed by atoms with Gasteiger partial charge in [0.25, 0.3) is 5.56 Å². The van der Waals surface area contributed by atoms with Crippen LogP contribution in [0.2, 0.25) is 0 Å². The molecule has 5 aromatic rings. The molecule has 0 aliphatic carbocycles. The Morgan fingerprint density at radius 2 is 1.85 bits per heavy atom. The fraction of sp³-hybridized carbons (Fsp3) is 0.286. The van der Waals surface area contributed by atoms with Gasteiger partial charge in [-0.3, -0.25) is 9.69 Å². The number of H-pyrrole nitrogens is 1. The standard InChI is InChI=1S/C28H27FN6O4/c1-28(2,3)35-26(31-32-33-35)25(21-11-18-12-23-24(39-16-38-23)13-22(18)30-27(21)36)34(15-20-5-4-10-37-20)14-17-6-8-19(29)9-7-17/h4-13,25H,14-16H2,1-3H3,(H,30,36). The van der Waals surface area contributed by atoms with Crippen LogP contribution in [0.1, 0.15) is 49.5 Å². The van der Waals surface area contributed by atoms with Crippen molar-refractivity contribution in [3.05, 3.63) is 99.7 Å². The maximum Gasteiger partial charge on any atom is 0.253 e. The molecule has 0 bridgehead atoms. The highest BCUT2D eigenvalue weighted by Gasteiger charge is 2.34. The highest BCUT2D eigenvalue weighted by molar-refractivity contribution is 5.83. The van der Waals surface area contributed by atoms with E-state index in [1.807, 2.05) is 49.9 Å². The molecule has 1 aliphatic rings. The van der Waals surface area contributed by atoms with E-state index in [2.05, 4.69) is 20.5 Å². The molecule has 1 atom stereocenters. The normalized spacial score (nSPS) is 13.9. The minimum Gasteiger partial charge on any atom is -0.468 e. The molecule has 1 aliphatic heterocycles. The molecule has 39 heavy (non-hydrogen) atoms. The lowest BCUT2D eigenvalue weighted by Crippen LogP contribution is -2.37. The molecular formula is C28H27FN6O4. The van der Waals surface area contributed by atoms with Gasteiger partial charge >= 0.3 is 0 Å². The number of halogens is 1. The molecule has 0 amide bonds. The molecule has 6 rings (SSSR count). The molecule has 11 heteroatoms. The first-order valence-corrected chi connectivity index (χ1v) is 12.5. The second-order valence-electron chi connectivity index (χ2n) is 10.5. The highest BCUT2D eigenvalue weighted by Crippen LogP contribution is 2.37. The van der Waals surface area contributed by atoms with E-state index >= 15 is 0 Å². The zero-order chi connectivity index (χ0) is 27.1. The summed E-state index contributed by atoms with van der Waals surface area (Å²) in [5.41, 5.74) is 1.15. The summed E-state index contributed by atoms with van der Waals surface area (Å²) >= 11 is 0. The Balaban J connectivity index is 1.55. The average molecular weight is 531 g/mol. The van der Waals surface area contributed by atoms with E-state index in [1.165, 1.54) is 12.1 Å². The lowest BCUT2D eigenvalue weighted by molar-refractivity contribution is 0.171. The van der Waals surface area contributed by atoms with Crippen LogP contribution in [0.4, 0.5) is 4.39 Å². The summed E-state index contributed by atoms with van der Waals surface area (Å²) in [5, 5.41) is 13.5. The van der Waals surface area contributed by atoms with Crippen LogP contribution in [-0.2, 0) is 18.6 Å². The van der Waals surface area contributed by atoms with Gasteiger partial charge in [0.1, 0.15) is 17.6 Å². The third-order valence-electron chi connectivity index (χ3n) is 6.64. The number of aromatic amines is 1. The van der Waals surface area contributed by atoms with E-state index in [0.717, 1.165) is 10.9 Å². The second-order valence-corrected chi connectivity index (χ2v) is 10.5. The van der Waals surface area contributed by atoms with Gasteiger partial charge in [-0.1, -0.05) is 12.1 Å². The lowest BCUT2D eigenvalue weighted by Gasteiger charge is -2.32. The first kappa shape index (κ1) is 24.8. The van der Waals surface area contributed by atoms with Crippen molar-refractivity contribution in [3.8, 4) is 11.5 Å². The summed E-state index contributed by atoms with van der Waals surface area (Å²) in [7, 11) is 0. The van der Waals surface area contributed by atoms with E-state index in [1.54, 1.807) is 29.1 Å².